The second-order valence-corrected chi connectivity index (χ2v) is 4.34. The predicted molar refractivity (Wildman–Crippen MR) is 55.4 cm³/mol. The zero-order chi connectivity index (χ0) is 9.64. The third-order valence-corrected chi connectivity index (χ3v) is 3.19. The van der Waals surface area contributed by atoms with Crippen LogP contribution in [-0.2, 0) is 9.47 Å². The Balaban J connectivity index is 1.60. The molecule has 0 unspecified atom stereocenters. The van der Waals surface area contributed by atoms with Crippen molar-refractivity contribution in [2.75, 3.05) is 32.9 Å². The van der Waals surface area contributed by atoms with Crippen molar-refractivity contribution >= 4 is 0 Å². The minimum absolute atomic E-state index is 0.513. The van der Waals surface area contributed by atoms with Gasteiger partial charge in [-0.3, -0.25) is 0 Å². The fraction of sp³-hybridized carbons (Fsp3) is 1.00. The molecule has 0 aromatic carbocycles. The molecule has 0 saturated carbocycles. The lowest BCUT2D eigenvalue weighted by Gasteiger charge is -2.27. The van der Waals surface area contributed by atoms with E-state index in [1.807, 2.05) is 0 Å². The van der Waals surface area contributed by atoms with Gasteiger partial charge in [-0.2, -0.15) is 0 Å². The number of hydrogen-bond acceptors (Lipinski definition) is 3. The Morgan fingerprint density at radius 2 is 1.79 bits per heavy atom. The maximum absolute atomic E-state index is 5.93. The van der Waals surface area contributed by atoms with Crippen molar-refractivity contribution < 1.29 is 9.47 Å². The Morgan fingerprint density at radius 1 is 1.07 bits per heavy atom. The molecule has 3 heteroatoms. The summed E-state index contributed by atoms with van der Waals surface area (Å²) in [5.41, 5.74) is 0. The molecular formula is C11H21NO2. The molecule has 1 N–H and O–H groups in total. The fourth-order valence-corrected chi connectivity index (χ4v) is 2.15. The van der Waals surface area contributed by atoms with Gasteiger partial charge in [0.05, 0.1) is 6.10 Å². The van der Waals surface area contributed by atoms with Crippen molar-refractivity contribution in [3.63, 3.8) is 0 Å². The van der Waals surface area contributed by atoms with Gasteiger partial charge in [0, 0.05) is 19.8 Å². The van der Waals surface area contributed by atoms with E-state index in [4.69, 9.17) is 9.47 Å². The fourth-order valence-electron chi connectivity index (χ4n) is 2.15. The second-order valence-electron chi connectivity index (χ2n) is 4.34. The summed E-state index contributed by atoms with van der Waals surface area (Å²) in [6, 6.07) is 0. The van der Waals surface area contributed by atoms with Crippen molar-refractivity contribution in [3.05, 3.63) is 0 Å². The Hall–Kier alpha value is -0.120. The van der Waals surface area contributed by atoms with Crippen LogP contribution in [0.4, 0.5) is 0 Å². The van der Waals surface area contributed by atoms with E-state index in [0.717, 1.165) is 38.8 Å². The molecule has 2 rings (SSSR count). The van der Waals surface area contributed by atoms with Crippen molar-refractivity contribution in [2.24, 2.45) is 5.92 Å². The average molecular weight is 199 g/mol. The third kappa shape index (κ3) is 3.23. The monoisotopic (exact) mass is 199 g/mol. The van der Waals surface area contributed by atoms with Crippen LogP contribution in [0.3, 0.4) is 0 Å². The predicted octanol–water partition coefficient (Wildman–Crippen LogP) is 1.18. The molecule has 0 radical (unpaired) electrons. The zero-order valence-electron chi connectivity index (χ0n) is 8.84. The lowest BCUT2D eigenvalue weighted by Crippen LogP contribution is -2.34. The highest BCUT2D eigenvalue weighted by atomic mass is 16.5. The lowest BCUT2D eigenvalue weighted by molar-refractivity contribution is -0.0203. The van der Waals surface area contributed by atoms with Crippen LogP contribution in [0.15, 0.2) is 0 Å². The highest BCUT2D eigenvalue weighted by molar-refractivity contribution is 4.70. The standard InChI is InChI=1S/C11H21NO2/c1-5-12-6-2-11(1)14-9-10-3-7-13-8-4-10/h10-12H,1-9H2. The van der Waals surface area contributed by atoms with E-state index in [0.29, 0.717) is 6.10 Å². The van der Waals surface area contributed by atoms with Gasteiger partial charge < -0.3 is 14.8 Å². The molecule has 2 fully saturated rings. The van der Waals surface area contributed by atoms with E-state index in [9.17, 15) is 0 Å². The van der Waals surface area contributed by atoms with Gasteiger partial charge in [-0.25, -0.2) is 0 Å². The zero-order valence-corrected chi connectivity index (χ0v) is 8.84. The van der Waals surface area contributed by atoms with Crippen molar-refractivity contribution in [1.29, 1.82) is 0 Å². The molecule has 0 spiro atoms. The minimum atomic E-state index is 0.513. The van der Waals surface area contributed by atoms with Crippen LogP contribution in [-0.4, -0.2) is 39.0 Å². The summed E-state index contributed by atoms with van der Waals surface area (Å²) >= 11 is 0. The number of ether oxygens (including phenoxy) is 2. The molecule has 2 aliphatic rings. The molecule has 14 heavy (non-hydrogen) atoms. The Kier molecular flexibility index (Phi) is 4.22. The maximum Gasteiger partial charge on any atom is 0.0599 e. The van der Waals surface area contributed by atoms with E-state index >= 15 is 0 Å². The van der Waals surface area contributed by atoms with Crippen LogP contribution in [0.25, 0.3) is 0 Å². The van der Waals surface area contributed by atoms with Crippen molar-refractivity contribution in [1.82, 2.24) is 5.32 Å². The summed E-state index contributed by atoms with van der Waals surface area (Å²) in [5, 5.41) is 3.35. The van der Waals surface area contributed by atoms with Gasteiger partial charge in [0.2, 0.25) is 0 Å². The molecular weight excluding hydrogens is 178 g/mol. The molecule has 0 bridgehead atoms. The smallest absolute Gasteiger partial charge is 0.0599 e. The minimum Gasteiger partial charge on any atom is -0.381 e. The second kappa shape index (κ2) is 5.69. The molecule has 0 atom stereocenters. The highest BCUT2D eigenvalue weighted by Gasteiger charge is 2.18. The van der Waals surface area contributed by atoms with Crippen LogP contribution >= 0.6 is 0 Å². The first-order valence-electron chi connectivity index (χ1n) is 5.85. The summed E-state index contributed by atoms with van der Waals surface area (Å²) in [6.45, 7) is 5.06. The summed E-state index contributed by atoms with van der Waals surface area (Å²) < 4.78 is 11.3. The van der Waals surface area contributed by atoms with Gasteiger partial charge in [-0.05, 0) is 44.7 Å². The molecule has 2 saturated heterocycles. The first-order chi connectivity index (χ1) is 6.95. The maximum atomic E-state index is 5.93. The van der Waals surface area contributed by atoms with Gasteiger partial charge in [-0.15, -0.1) is 0 Å². The largest absolute Gasteiger partial charge is 0.381 e. The molecule has 3 nitrogen and oxygen atoms in total. The van der Waals surface area contributed by atoms with E-state index < -0.39 is 0 Å². The van der Waals surface area contributed by atoms with E-state index in [-0.39, 0.29) is 0 Å². The summed E-state index contributed by atoms with van der Waals surface area (Å²) in [5.74, 6) is 0.749. The van der Waals surface area contributed by atoms with Crippen molar-refractivity contribution in [2.45, 2.75) is 31.8 Å². The summed E-state index contributed by atoms with van der Waals surface area (Å²) in [4.78, 5) is 0. The SMILES string of the molecule is C1CC(OCC2CCOCC2)CCN1. The van der Waals surface area contributed by atoms with Crippen LogP contribution in [0, 0.1) is 5.92 Å². The quantitative estimate of drug-likeness (QED) is 0.740. The van der Waals surface area contributed by atoms with Gasteiger partial charge >= 0.3 is 0 Å². The van der Waals surface area contributed by atoms with Gasteiger partial charge in [0.1, 0.15) is 0 Å². The van der Waals surface area contributed by atoms with E-state index in [1.165, 1.54) is 25.7 Å². The normalized spacial score (nSPS) is 26.6. The molecule has 82 valence electrons. The number of rotatable bonds is 3. The van der Waals surface area contributed by atoms with Crippen LogP contribution in [0.5, 0.6) is 0 Å². The number of nitrogens with one attached hydrogen (secondary N) is 1. The molecule has 0 aromatic heterocycles. The number of hydrogen-bond donors (Lipinski definition) is 1. The van der Waals surface area contributed by atoms with E-state index in [1.54, 1.807) is 0 Å². The lowest BCUT2D eigenvalue weighted by atomic mass is 10.0. The number of piperidine rings is 1. The Bertz CT molecular complexity index is 133. The Labute approximate surface area is 86.2 Å². The van der Waals surface area contributed by atoms with Crippen LogP contribution < -0.4 is 5.32 Å². The highest BCUT2D eigenvalue weighted by Crippen LogP contribution is 2.17. The Morgan fingerprint density at radius 3 is 2.50 bits per heavy atom. The van der Waals surface area contributed by atoms with Crippen LogP contribution in [0.2, 0.25) is 0 Å². The molecule has 0 amide bonds. The first-order valence-corrected chi connectivity index (χ1v) is 5.85. The molecule has 2 heterocycles. The van der Waals surface area contributed by atoms with Crippen molar-refractivity contribution in [3.8, 4) is 0 Å². The van der Waals surface area contributed by atoms with Gasteiger partial charge in [0.15, 0.2) is 0 Å². The molecule has 0 aromatic rings. The van der Waals surface area contributed by atoms with Gasteiger partial charge in [-0.1, -0.05) is 0 Å². The summed E-state index contributed by atoms with van der Waals surface area (Å²) in [7, 11) is 0. The van der Waals surface area contributed by atoms with Crippen LogP contribution in [0.1, 0.15) is 25.7 Å². The molecule has 0 aliphatic carbocycles. The summed E-state index contributed by atoms with van der Waals surface area (Å²) in [6.07, 6.45) is 5.25. The van der Waals surface area contributed by atoms with Gasteiger partial charge in [0.25, 0.3) is 0 Å². The van der Waals surface area contributed by atoms with E-state index in [2.05, 4.69) is 5.32 Å². The first kappa shape index (κ1) is 10.4. The molecule has 2 aliphatic heterocycles. The topological polar surface area (TPSA) is 30.5 Å². The third-order valence-electron chi connectivity index (χ3n) is 3.19. The average Bonchev–Trinajstić information content (AvgIpc) is 2.29.